The maximum atomic E-state index is 13.2. The number of carbonyl (C=O) groups excluding carboxylic acids is 1. The maximum Gasteiger partial charge on any atom is 0.316 e. The average Bonchev–Trinajstić information content (AvgIpc) is 2.58. The van der Waals surface area contributed by atoms with Crippen molar-refractivity contribution >= 4 is 5.97 Å². The van der Waals surface area contributed by atoms with Crippen molar-refractivity contribution in [3.8, 4) is 11.5 Å². The third-order valence-corrected chi connectivity index (χ3v) is 6.75. The minimum Gasteiger partial charge on any atom is -0.504 e. The highest BCUT2D eigenvalue weighted by Gasteiger charge is 2.61. The summed E-state index contributed by atoms with van der Waals surface area (Å²) < 4.78 is 10.8. The van der Waals surface area contributed by atoms with Gasteiger partial charge in [-0.1, -0.05) is 33.8 Å². The van der Waals surface area contributed by atoms with Crippen LogP contribution in [0.25, 0.3) is 0 Å². The molecule has 5 heteroatoms. The summed E-state index contributed by atoms with van der Waals surface area (Å²) in [5.41, 5.74) is 1.18. The first-order valence-electron chi connectivity index (χ1n) is 9.79. The number of aliphatic hydroxyl groups is 1. The molecule has 27 heavy (non-hydrogen) atoms. The van der Waals surface area contributed by atoms with Gasteiger partial charge >= 0.3 is 5.97 Å². The van der Waals surface area contributed by atoms with E-state index < -0.39 is 11.5 Å². The third kappa shape index (κ3) is 2.82. The van der Waals surface area contributed by atoms with Gasteiger partial charge in [0, 0.05) is 11.1 Å². The zero-order valence-corrected chi connectivity index (χ0v) is 17.3. The van der Waals surface area contributed by atoms with Crippen LogP contribution in [0.3, 0.4) is 0 Å². The molecule has 1 aromatic rings. The number of carbonyl (C=O) groups is 1. The number of aliphatic hydroxyl groups excluding tert-OH is 1. The van der Waals surface area contributed by atoms with Crippen LogP contribution >= 0.6 is 0 Å². The Morgan fingerprint density at radius 2 is 1.93 bits per heavy atom. The summed E-state index contributed by atoms with van der Waals surface area (Å²) in [6, 6.07) is 2.06. The molecular weight excluding hydrogens is 344 g/mol. The summed E-state index contributed by atoms with van der Waals surface area (Å²) in [6.45, 7) is 8.30. The Hall–Kier alpha value is -1.75. The zero-order chi connectivity index (χ0) is 20.1. The molecule has 3 atom stereocenters. The van der Waals surface area contributed by atoms with Crippen LogP contribution in [-0.4, -0.2) is 36.5 Å². The van der Waals surface area contributed by atoms with Gasteiger partial charge in [0.1, 0.15) is 5.41 Å². The van der Waals surface area contributed by atoms with E-state index in [1.165, 1.54) is 14.2 Å². The van der Waals surface area contributed by atoms with E-state index in [0.717, 1.165) is 24.0 Å². The van der Waals surface area contributed by atoms with Gasteiger partial charge in [-0.25, -0.2) is 0 Å². The fourth-order valence-electron chi connectivity index (χ4n) is 5.79. The normalized spacial score (nSPS) is 29.0. The Kier molecular flexibility index (Phi) is 4.96. The number of hydrogen-bond donors (Lipinski definition) is 2. The van der Waals surface area contributed by atoms with Crippen molar-refractivity contribution < 1.29 is 24.5 Å². The number of phenols is 1. The number of hydrogen-bond acceptors (Lipinski definition) is 5. The average molecular weight is 376 g/mol. The topological polar surface area (TPSA) is 76.0 Å². The van der Waals surface area contributed by atoms with E-state index in [1.54, 1.807) is 0 Å². The van der Waals surface area contributed by atoms with Crippen LogP contribution in [0.2, 0.25) is 0 Å². The first-order chi connectivity index (χ1) is 12.6. The standard InChI is InChI=1S/C22H32O5/c1-12(2)15-9-13-7-8-16-21(3,4)10-14(23)11-22(16,20(25)27-6)17(13)18(24)19(15)26-5/h9,12,14,16,23-24H,7-8,10-11H2,1-6H3/t14-,16-,22+/m0/s1. The van der Waals surface area contributed by atoms with Gasteiger partial charge < -0.3 is 19.7 Å². The van der Waals surface area contributed by atoms with Gasteiger partial charge in [-0.15, -0.1) is 0 Å². The van der Waals surface area contributed by atoms with Gasteiger partial charge in [-0.2, -0.15) is 0 Å². The summed E-state index contributed by atoms with van der Waals surface area (Å²) in [6.07, 6.45) is 1.88. The Morgan fingerprint density at radius 3 is 2.48 bits per heavy atom. The van der Waals surface area contributed by atoms with Crippen molar-refractivity contribution in [3.63, 3.8) is 0 Å². The Balaban J connectivity index is 2.36. The second-order valence-corrected chi connectivity index (χ2v) is 9.14. The molecule has 0 unspecified atom stereocenters. The van der Waals surface area contributed by atoms with Crippen molar-refractivity contribution in [1.82, 2.24) is 0 Å². The summed E-state index contributed by atoms with van der Waals surface area (Å²) >= 11 is 0. The van der Waals surface area contributed by atoms with E-state index in [0.29, 0.717) is 17.7 Å². The molecule has 150 valence electrons. The monoisotopic (exact) mass is 376 g/mol. The second kappa shape index (κ2) is 6.69. The van der Waals surface area contributed by atoms with Crippen molar-refractivity contribution in [2.24, 2.45) is 11.3 Å². The number of methoxy groups -OCH3 is 2. The smallest absolute Gasteiger partial charge is 0.316 e. The molecule has 1 saturated carbocycles. The number of aryl methyl sites for hydroxylation is 1. The van der Waals surface area contributed by atoms with Crippen LogP contribution in [0.15, 0.2) is 6.07 Å². The molecule has 5 nitrogen and oxygen atoms in total. The summed E-state index contributed by atoms with van der Waals surface area (Å²) in [5, 5.41) is 21.9. The lowest BCUT2D eigenvalue weighted by Gasteiger charge is -2.55. The number of aromatic hydroxyl groups is 1. The van der Waals surface area contributed by atoms with Gasteiger partial charge in [0.2, 0.25) is 0 Å². The minimum absolute atomic E-state index is 0.0196. The van der Waals surface area contributed by atoms with Crippen LogP contribution in [0.5, 0.6) is 11.5 Å². The van der Waals surface area contributed by atoms with Crippen LogP contribution < -0.4 is 4.74 Å². The zero-order valence-electron chi connectivity index (χ0n) is 17.3. The highest BCUT2D eigenvalue weighted by Crippen LogP contribution is 2.61. The molecular formula is C22H32O5. The van der Waals surface area contributed by atoms with E-state index in [2.05, 4.69) is 33.8 Å². The quantitative estimate of drug-likeness (QED) is 0.787. The van der Waals surface area contributed by atoms with E-state index in [-0.39, 0.29) is 35.4 Å². The van der Waals surface area contributed by atoms with Crippen LogP contribution in [0.1, 0.15) is 69.6 Å². The van der Waals surface area contributed by atoms with E-state index in [1.807, 2.05) is 0 Å². The van der Waals surface area contributed by atoms with E-state index in [9.17, 15) is 15.0 Å². The molecule has 1 aromatic carbocycles. The molecule has 0 spiro atoms. The fraction of sp³-hybridized carbons (Fsp3) is 0.682. The first kappa shape index (κ1) is 20.0. The lowest BCUT2D eigenvalue weighted by molar-refractivity contribution is -0.161. The van der Waals surface area contributed by atoms with Crippen molar-refractivity contribution in [2.45, 2.75) is 70.8 Å². The number of phenolic OH excluding ortho intramolecular Hbond substituents is 1. The highest BCUT2D eigenvalue weighted by molar-refractivity contribution is 5.87. The number of fused-ring (bicyclic) bond motifs is 3. The number of rotatable bonds is 3. The largest absolute Gasteiger partial charge is 0.504 e. The summed E-state index contributed by atoms with van der Waals surface area (Å²) in [4.78, 5) is 13.2. The number of esters is 1. The van der Waals surface area contributed by atoms with E-state index in [4.69, 9.17) is 9.47 Å². The van der Waals surface area contributed by atoms with Gasteiger partial charge in [0.15, 0.2) is 11.5 Å². The molecule has 0 amide bonds. The fourth-order valence-corrected chi connectivity index (χ4v) is 5.79. The second-order valence-electron chi connectivity index (χ2n) is 9.14. The predicted molar refractivity (Wildman–Crippen MR) is 103 cm³/mol. The van der Waals surface area contributed by atoms with Crippen LogP contribution in [0, 0.1) is 11.3 Å². The van der Waals surface area contributed by atoms with Crippen LogP contribution in [-0.2, 0) is 21.4 Å². The van der Waals surface area contributed by atoms with Crippen molar-refractivity contribution in [1.29, 1.82) is 0 Å². The molecule has 2 N–H and O–H groups in total. The highest BCUT2D eigenvalue weighted by atomic mass is 16.5. The Morgan fingerprint density at radius 1 is 1.26 bits per heavy atom. The van der Waals surface area contributed by atoms with Gasteiger partial charge in [0.05, 0.1) is 20.3 Å². The molecule has 2 aliphatic rings. The van der Waals surface area contributed by atoms with Gasteiger partial charge in [-0.3, -0.25) is 4.79 Å². The lowest BCUT2D eigenvalue weighted by atomic mass is 9.48. The molecule has 0 heterocycles. The Labute approximate surface area is 161 Å². The SMILES string of the molecule is COC(=O)[C@]12C[C@@H](O)CC(C)(C)[C@@H]1CCc1cc(C(C)C)c(OC)c(O)c12. The molecule has 3 rings (SSSR count). The maximum absolute atomic E-state index is 13.2. The minimum atomic E-state index is -1.06. The Bertz CT molecular complexity index is 752. The van der Waals surface area contributed by atoms with Crippen molar-refractivity contribution in [3.05, 3.63) is 22.8 Å². The summed E-state index contributed by atoms with van der Waals surface area (Å²) in [7, 11) is 2.92. The number of benzene rings is 1. The number of ether oxygens (including phenoxy) is 2. The van der Waals surface area contributed by atoms with Gasteiger partial charge in [-0.05, 0) is 48.5 Å². The van der Waals surface area contributed by atoms with Crippen molar-refractivity contribution in [2.75, 3.05) is 14.2 Å². The van der Waals surface area contributed by atoms with Gasteiger partial charge in [0.25, 0.3) is 0 Å². The first-order valence-corrected chi connectivity index (χ1v) is 9.79. The van der Waals surface area contributed by atoms with Crippen LogP contribution in [0.4, 0.5) is 0 Å². The molecule has 0 saturated heterocycles. The molecule has 0 aliphatic heterocycles. The molecule has 1 fully saturated rings. The molecule has 0 bridgehead atoms. The molecule has 0 aromatic heterocycles. The van der Waals surface area contributed by atoms with E-state index >= 15 is 0 Å². The molecule has 0 radical (unpaired) electrons. The predicted octanol–water partition coefficient (Wildman–Crippen LogP) is 3.68. The third-order valence-electron chi connectivity index (χ3n) is 6.75. The lowest BCUT2D eigenvalue weighted by Crippen LogP contribution is -2.58. The molecule has 2 aliphatic carbocycles. The summed E-state index contributed by atoms with van der Waals surface area (Å²) in [5.74, 6) is 0.226.